The zero-order chi connectivity index (χ0) is 32.6. The summed E-state index contributed by atoms with van der Waals surface area (Å²) in [5, 5.41) is 8.80. The number of alkyl halides is 1. The van der Waals surface area contributed by atoms with Crippen LogP contribution in [0.15, 0.2) is 24.3 Å². The molecule has 13 heteroatoms. The third kappa shape index (κ3) is 12.6. The molecule has 0 saturated carbocycles. The van der Waals surface area contributed by atoms with Crippen molar-refractivity contribution in [3.05, 3.63) is 29.8 Å². The lowest BCUT2D eigenvalue weighted by Gasteiger charge is -2.31. The number of likely N-dealkylation sites (tertiary alicyclic amines) is 1. The van der Waals surface area contributed by atoms with Crippen molar-refractivity contribution in [2.45, 2.75) is 77.1 Å². The second-order valence-electron chi connectivity index (χ2n) is 11.3. The number of nitrogens with two attached hydrogens (primary N) is 1. The fraction of sp³-hybridized carbons (Fsp3) is 0.613. The van der Waals surface area contributed by atoms with E-state index in [1.807, 2.05) is 12.1 Å². The Morgan fingerprint density at radius 3 is 2.27 bits per heavy atom. The zero-order valence-corrected chi connectivity index (χ0v) is 27.5. The van der Waals surface area contributed by atoms with E-state index in [1.165, 1.54) is 0 Å². The number of ketones is 1. The van der Waals surface area contributed by atoms with E-state index in [9.17, 15) is 28.8 Å². The minimum absolute atomic E-state index is 0.0132. The molecule has 0 aliphatic carbocycles. The Bertz CT molecular complexity index is 1140. The van der Waals surface area contributed by atoms with E-state index in [0.29, 0.717) is 56.4 Å². The van der Waals surface area contributed by atoms with Gasteiger partial charge in [0.2, 0.25) is 17.7 Å². The Balaban J connectivity index is 1.95. The molecule has 1 heterocycles. The van der Waals surface area contributed by atoms with Crippen molar-refractivity contribution >= 4 is 57.1 Å². The summed E-state index contributed by atoms with van der Waals surface area (Å²) in [5.41, 5.74) is 6.78. The van der Waals surface area contributed by atoms with Gasteiger partial charge in [-0.2, -0.15) is 0 Å². The van der Waals surface area contributed by atoms with Crippen molar-refractivity contribution in [1.82, 2.24) is 15.5 Å². The van der Waals surface area contributed by atoms with Crippen molar-refractivity contribution in [3.8, 4) is 0 Å². The number of halogens is 1. The molecule has 1 aromatic rings. The molecule has 5 N–H and O–H groups in total. The van der Waals surface area contributed by atoms with E-state index in [1.54, 1.807) is 37.8 Å². The molecule has 1 aliphatic rings. The molecule has 5 amide bonds. The Labute approximate surface area is 267 Å². The summed E-state index contributed by atoms with van der Waals surface area (Å²) in [6.45, 7) is 6.80. The number of carbonyl (C=O) groups is 6. The van der Waals surface area contributed by atoms with Gasteiger partial charge in [-0.05, 0) is 56.2 Å². The van der Waals surface area contributed by atoms with Gasteiger partial charge in [0, 0.05) is 55.8 Å². The Morgan fingerprint density at radius 2 is 1.70 bits per heavy atom. The van der Waals surface area contributed by atoms with Gasteiger partial charge >= 0.3 is 12.0 Å². The van der Waals surface area contributed by atoms with Gasteiger partial charge in [-0.15, -0.1) is 0 Å². The molecule has 1 fully saturated rings. The molecule has 2 atom stereocenters. The molecule has 0 aromatic heterocycles. The van der Waals surface area contributed by atoms with Crippen LogP contribution in [0.2, 0.25) is 0 Å². The average molecular weight is 681 g/mol. The van der Waals surface area contributed by atoms with Gasteiger partial charge in [-0.3, -0.25) is 24.0 Å². The number of hydrogen-bond donors (Lipinski definition) is 4. The summed E-state index contributed by atoms with van der Waals surface area (Å²) in [7, 11) is 0. The number of urea groups is 1. The molecule has 1 saturated heterocycles. The standard InChI is InChI=1S/C31H46BrN5O7/c1-4-44-30(42)22-13-16-37(17-14-22)27(40)12-11-26(39)36-28(20(2)3)25(38)18-23(6-5-15-34-31(33)43)29(41)35-24-9-7-21(19-32)8-10-24/h7-10,20,22-23,28H,4-6,11-19H2,1-3H3,(H,35,41)(H,36,39)(H3,33,34,43)/t23-,28+/m1/s1. The summed E-state index contributed by atoms with van der Waals surface area (Å²) in [4.78, 5) is 76.8. The normalized spacial score (nSPS) is 14.8. The molecule has 0 bridgehead atoms. The molecule has 0 spiro atoms. The van der Waals surface area contributed by atoms with Gasteiger partial charge in [-0.1, -0.05) is 41.9 Å². The smallest absolute Gasteiger partial charge is 0.312 e. The summed E-state index contributed by atoms with van der Waals surface area (Å²) in [5.74, 6) is -2.65. The van der Waals surface area contributed by atoms with Crippen LogP contribution in [-0.2, 0) is 34.0 Å². The predicted octanol–water partition coefficient (Wildman–Crippen LogP) is 3.27. The first kappa shape index (κ1) is 36.7. The third-order valence-corrected chi connectivity index (χ3v) is 8.23. The third-order valence-electron chi connectivity index (χ3n) is 7.59. The number of benzene rings is 1. The number of Topliss-reactive ketones (excluding diaryl/α,β-unsaturated/α-hetero) is 1. The zero-order valence-electron chi connectivity index (χ0n) is 25.9. The molecule has 2 rings (SSSR count). The maximum absolute atomic E-state index is 13.4. The number of rotatable bonds is 17. The van der Waals surface area contributed by atoms with Crippen LogP contribution in [0.5, 0.6) is 0 Å². The average Bonchev–Trinajstić information content (AvgIpc) is 3.00. The highest BCUT2D eigenvalue weighted by Gasteiger charge is 2.31. The topological polar surface area (TPSA) is 177 Å². The lowest BCUT2D eigenvalue weighted by molar-refractivity contribution is -0.151. The minimum atomic E-state index is -0.838. The van der Waals surface area contributed by atoms with E-state index < -0.39 is 23.9 Å². The predicted molar refractivity (Wildman–Crippen MR) is 170 cm³/mol. The number of amides is 5. The maximum Gasteiger partial charge on any atom is 0.312 e. The summed E-state index contributed by atoms with van der Waals surface area (Å²) in [6, 6.07) is 5.81. The van der Waals surface area contributed by atoms with Gasteiger partial charge in [-0.25, -0.2) is 4.79 Å². The van der Waals surface area contributed by atoms with E-state index in [4.69, 9.17) is 10.5 Å². The van der Waals surface area contributed by atoms with Gasteiger partial charge < -0.3 is 31.3 Å². The van der Waals surface area contributed by atoms with Crippen LogP contribution in [0.1, 0.15) is 71.3 Å². The summed E-state index contributed by atoms with van der Waals surface area (Å²) < 4.78 is 5.07. The van der Waals surface area contributed by atoms with Crippen molar-refractivity contribution in [2.24, 2.45) is 23.5 Å². The number of primary amides is 1. The molecule has 1 aromatic carbocycles. The first-order chi connectivity index (χ1) is 20.9. The van der Waals surface area contributed by atoms with Crippen molar-refractivity contribution in [1.29, 1.82) is 0 Å². The Morgan fingerprint density at radius 1 is 1.05 bits per heavy atom. The monoisotopic (exact) mass is 679 g/mol. The maximum atomic E-state index is 13.4. The quantitative estimate of drug-likeness (QED) is 0.111. The second kappa shape index (κ2) is 19.0. The number of nitrogens with zero attached hydrogens (tertiary/aromatic N) is 1. The van der Waals surface area contributed by atoms with Gasteiger partial charge in [0.15, 0.2) is 5.78 Å². The molecular formula is C31H46BrN5O7. The van der Waals surface area contributed by atoms with Crippen LogP contribution < -0.4 is 21.7 Å². The number of hydrogen-bond acceptors (Lipinski definition) is 7. The number of piperidine rings is 1. The van der Waals surface area contributed by atoms with Crippen molar-refractivity contribution in [2.75, 3.05) is 31.6 Å². The van der Waals surface area contributed by atoms with Crippen LogP contribution in [0, 0.1) is 17.8 Å². The molecule has 44 heavy (non-hydrogen) atoms. The van der Waals surface area contributed by atoms with Crippen molar-refractivity contribution < 1.29 is 33.5 Å². The number of anilines is 1. The number of carbonyl (C=O) groups excluding carboxylic acids is 6. The fourth-order valence-corrected chi connectivity index (χ4v) is 5.42. The molecule has 12 nitrogen and oxygen atoms in total. The van der Waals surface area contributed by atoms with Gasteiger partial charge in [0.05, 0.1) is 18.6 Å². The van der Waals surface area contributed by atoms with Crippen molar-refractivity contribution in [3.63, 3.8) is 0 Å². The molecule has 0 radical (unpaired) electrons. The van der Waals surface area contributed by atoms with E-state index in [-0.39, 0.29) is 61.2 Å². The molecule has 1 aliphatic heterocycles. The number of ether oxygens (including phenoxy) is 1. The van der Waals surface area contributed by atoms with E-state index in [2.05, 4.69) is 31.9 Å². The highest BCUT2D eigenvalue weighted by Crippen LogP contribution is 2.21. The first-order valence-electron chi connectivity index (χ1n) is 15.2. The lowest BCUT2D eigenvalue weighted by Crippen LogP contribution is -2.46. The van der Waals surface area contributed by atoms with Crippen LogP contribution >= 0.6 is 15.9 Å². The van der Waals surface area contributed by atoms with Crippen LogP contribution in [0.25, 0.3) is 0 Å². The molecule has 244 valence electrons. The lowest BCUT2D eigenvalue weighted by atomic mass is 9.89. The Kier molecular flexibility index (Phi) is 15.9. The van der Waals surface area contributed by atoms with Gasteiger partial charge in [0.25, 0.3) is 0 Å². The first-order valence-corrected chi connectivity index (χ1v) is 16.3. The summed E-state index contributed by atoms with van der Waals surface area (Å²) in [6.07, 6.45) is 1.58. The van der Waals surface area contributed by atoms with Gasteiger partial charge in [0.1, 0.15) is 0 Å². The number of esters is 1. The largest absolute Gasteiger partial charge is 0.466 e. The van der Waals surface area contributed by atoms with E-state index >= 15 is 0 Å². The highest BCUT2D eigenvalue weighted by atomic mass is 79.9. The highest BCUT2D eigenvalue weighted by molar-refractivity contribution is 9.08. The minimum Gasteiger partial charge on any atom is -0.466 e. The summed E-state index contributed by atoms with van der Waals surface area (Å²) >= 11 is 3.39. The van der Waals surface area contributed by atoms with Crippen LogP contribution in [0.4, 0.5) is 10.5 Å². The van der Waals surface area contributed by atoms with Crippen LogP contribution in [0.3, 0.4) is 0 Å². The second-order valence-corrected chi connectivity index (χ2v) is 11.9. The molecular weight excluding hydrogens is 634 g/mol. The SMILES string of the molecule is CCOC(=O)C1CCN(C(=O)CCC(=O)N[C@H](C(=O)C[C@@H](CCCNC(N)=O)C(=O)Nc2ccc(CBr)cc2)C(C)C)CC1. The molecule has 0 unspecified atom stereocenters. The number of nitrogens with one attached hydrogen (secondary N) is 3. The van der Waals surface area contributed by atoms with Crippen LogP contribution in [-0.4, -0.2) is 72.7 Å². The fourth-order valence-electron chi connectivity index (χ4n) is 5.05. The Hall–Kier alpha value is -3.48. The van der Waals surface area contributed by atoms with E-state index in [0.717, 1.165) is 5.56 Å².